The highest BCUT2D eigenvalue weighted by atomic mass is 14.8. The summed E-state index contributed by atoms with van der Waals surface area (Å²) in [4.78, 5) is 4.25. The molecule has 0 bridgehead atoms. The van der Waals surface area contributed by atoms with Crippen molar-refractivity contribution in [2.24, 2.45) is 10.9 Å². The van der Waals surface area contributed by atoms with Crippen LogP contribution in [0.5, 0.6) is 0 Å². The molecular weight excluding hydrogens is 148 g/mol. The van der Waals surface area contributed by atoms with Gasteiger partial charge >= 0.3 is 0 Å². The van der Waals surface area contributed by atoms with Crippen LogP contribution in [0.2, 0.25) is 0 Å². The van der Waals surface area contributed by atoms with Gasteiger partial charge in [0.15, 0.2) is 0 Å². The molecule has 0 saturated heterocycles. The number of hydrogen-bond acceptors (Lipinski definition) is 2. The summed E-state index contributed by atoms with van der Waals surface area (Å²) in [5.74, 6) is 0.719. The van der Waals surface area contributed by atoms with Gasteiger partial charge in [-0.1, -0.05) is 6.08 Å². The van der Waals surface area contributed by atoms with Crippen LogP contribution in [0.15, 0.2) is 16.6 Å². The molecule has 0 aromatic rings. The summed E-state index contributed by atoms with van der Waals surface area (Å²) in [7, 11) is 3.88. The maximum atomic E-state index is 4.25. The minimum Gasteiger partial charge on any atom is -0.320 e. The SMILES string of the molecule is CN=C1CC(CCNC)C=C1C. The minimum absolute atomic E-state index is 0.719. The molecule has 1 atom stereocenters. The molecule has 0 heterocycles. The van der Waals surface area contributed by atoms with Crippen molar-refractivity contribution in [3.05, 3.63) is 11.6 Å². The highest BCUT2D eigenvalue weighted by Gasteiger charge is 2.17. The maximum absolute atomic E-state index is 4.25. The maximum Gasteiger partial charge on any atom is 0.0376 e. The van der Waals surface area contributed by atoms with Crippen molar-refractivity contribution >= 4 is 5.71 Å². The zero-order chi connectivity index (χ0) is 8.97. The average molecular weight is 166 g/mol. The summed E-state index contributed by atoms with van der Waals surface area (Å²) < 4.78 is 0. The van der Waals surface area contributed by atoms with Gasteiger partial charge in [0.1, 0.15) is 0 Å². The van der Waals surface area contributed by atoms with Crippen LogP contribution in [0.1, 0.15) is 19.8 Å². The molecule has 0 fully saturated rings. The van der Waals surface area contributed by atoms with E-state index in [9.17, 15) is 0 Å². The van der Waals surface area contributed by atoms with Crippen molar-refractivity contribution in [1.82, 2.24) is 5.32 Å². The number of aliphatic imine (C=N–C) groups is 1. The molecule has 1 N–H and O–H groups in total. The van der Waals surface area contributed by atoms with E-state index in [-0.39, 0.29) is 0 Å². The fourth-order valence-corrected chi connectivity index (χ4v) is 1.70. The van der Waals surface area contributed by atoms with Gasteiger partial charge in [-0.3, -0.25) is 4.99 Å². The molecule has 0 spiro atoms. The first-order chi connectivity index (χ1) is 5.77. The fourth-order valence-electron chi connectivity index (χ4n) is 1.70. The van der Waals surface area contributed by atoms with Crippen molar-refractivity contribution in [3.8, 4) is 0 Å². The molecule has 1 aliphatic carbocycles. The van der Waals surface area contributed by atoms with Gasteiger partial charge in [0.2, 0.25) is 0 Å². The minimum atomic E-state index is 0.719. The molecule has 68 valence electrons. The number of nitrogens with one attached hydrogen (secondary N) is 1. The van der Waals surface area contributed by atoms with Gasteiger partial charge in [-0.15, -0.1) is 0 Å². The topological polar surface area (TPSA) is 24.4 Å². The lowest BCUT2D eigenvalue weighted by atomic mass is 10.1. The first-order valence-electron chi connectivity index (χ1n) is 4.57. The Morgan fingerprint density at radius 3 is 2.92 bits per heavy atom. The molecule has 0 aromatic carbocycles. The van der Waals surface area contributed by atoms with Crippen LogP contribution < -0.4 is 5.32 Å². The Morgan fingerprint density at radius 1 is 1.67 bits per heavy atom. The highest BCUT2D eigenvalue weighted by Crippen LogP contribution is 2.23. The largest absolute Gasteiger partial charge is 0.320 e. The van der Waals surface area contributed by atoms with Gasteiger partial charge < -0.3 is 5.32 Å². The second-order valence-corrected chi connectivity index (χ2v) is 3.38. The van der Waals surface area contributed by atoms with Gasteiger partial charge in [0.05, 0.1) is 0 Å². The molecule has 0 saturated carbocycles. The van der Waals surface area contributed by atoms with Gasteiger partial charge in [-0.2, -0.15) is 0 Å². The van der Waals surface area contributed by atoms with Crippen LogP contribution in [0, 0.1) is 5.92 Å². The van der Waals surface area contributed by atoms with Crippen LogP contribution in [0.25, 0.3) is 0 Å². The Kier molecular flexibility index (Phi) is 3.48. The Morgan fingerprint density at radius 2 is 2.42 bits per heavy atom. The Balaban J connectivity index is 2.43. The Hall–Kier alpha value is -0.630. The van der Waals surface area contributed by atoms with E-state index in [2.05, 4.69) is 23.3 Å². The number of rotatable bonds is 3. The van der Waals surface area contributed by atoms with E-state index in [1.165, 1.54) is 17.7 Å². The van der Waals surface area contributed by atoms with E-state index in [1.54, 1.807) is 0 Å². The fraction of sp³-hybridized carbons (Fsp3) is 0.700. The van der Waals surface area contributed by atoms with Gasteiger partial charge in [-0.25, -0.2) is 0 Å². The number of nitrogens with zero attached hydrogens (tertiary/aromatic N) is 1. The molecular formula is C10H18N2. The smallest absolute Gasteiger partial charge is 0.0376 e. The predicted molar refractivity (Wildman–Crippen MR) is 53.8 cm³/mol. The van der Waals surface area contributed by atoms with E-state index >= 15 is 0 Å². The lowest BCUT2D eigenvalue weighted by Gasteiger charge is -2.05. The quantitative estimate of drug-likeness (QED) is 0.677. The Labute approximate surface area is 74.8 Å². The van der Waals surface area contributed by atoms with Gasteiger partial charge in [0.25, 0.3) is 0 Å². The van der Waals surface area contributed by atoms with Crippen molar-refractivity contribution in [2.75, 3.05) is 20.6 Å². The molecule has 0 amide bonds. The summed E-state index contributed by atoms with van der Waals surface area (Å²) in [5, 5.41) is 3.17. The third-order valence-electron chi connectivity index (χ3n) is 2.43. The van der Waals surface area contributed by atoms with Crippen LogP contribution in [-0.2, 0) is 0 Å². The molecule has 1 rings (SSSR count). The van der Waals surface area contributed by atoms with E-state index in [0.717, 1.165) is 18.9 Å². The first-order valence-corrected chi connectivity index (χ1v) is 4.57. The third kappa shape index (κ3) is 2.18. The predicted octanol–water partition coefficient (Wildman–Crippen LogP) is 1.63. The molecule has 12 heavy (non-hydrogen) atoms. The zero-order valence-corrected chi connectivity index (χ0v) is 8.22. The molecule has 0 aliphatic heterocycles. The van der Waals surface area contributed by atoms with E-state index < -0.39 is 0 Å². The molecule has 0 aromatic heterocycles. The summed E-state index contributed by atoms with van der Waals surface area (Å²) in [6.45, 7) is 3.26. The van der Waals surface area contributed by atoms with Crippen molar-refractivity contribution in [3.63, 3.8) is 0 Å². The van der Waals surface area contributed by atoms with Crippen LogP contribution in [0.4, 0.5) is 0 Å². The second kappa shape index (κ2) is 4.41. The number of hydrogen-bond donors (Lipinski definition) is 1. The van der Waals surface area contributed by atoms with Crippen LogP contribution in [0.3, 0.4) is 0 Å². The summed E-state index contributed by atoms with van der Waals surface area (Å²) >= 11 is 0. The van der Waals surface area contributed by atoms with Crippen LogP contribution in [-0.4, -0.2) is 26.4 Å². The van der Waals surface area contributed by atoms with Crippen LogP contribution >= 0.6 is 0 Å². The van der Waals surface area contributed by atoms with Crippen molar-refractivity contribution in [1.29, 1.82) is 0 Å². The number of allylic oxidation sites excluding steroid dienone is 2. The monoisotopic (exact) mass is 166 g/mol. The lowest BCUT2D eigenvalue weighted by Crippen LogP contribution is -2.11. The summed E-state index contributed by atoms with van der Waals surface area (Å²) in [6.07, 6.45) is 4.72. The molecule has 1 aliphatic rings. The van der Waals surface area contributed by atoms with Crippen molar-refractivity contribution < 1.29 is 0 Å². The lowest BCUT2D eigenvalue weighted by molar-refractivity contribution is 0.593. The third-order valence-corrected chi connectivity index (χ3v) is 2.43. The highest BCUT2D eigenvalue weighted by molar-refractivity contribution is 6.01. The van der Waals surface area contributed by atoms with Gasteiger partial charge in [-0.05, 0) is 44.8 Å². The second-order valence-electron chi connectivity index (χ2n) is 3.38. The molecule has 0 radical (unpaired) electrons. The summed E-state index contributed by atoms with van der Waals surface area (Å²) in [6, 6.07) is 0. The Bertz CT molecular complexity index is 204. The summed E-state index contributed by atoms with van der Waals surface area (Å²) in [5.41, 5.74) is 2.66. The average Bonchev–Trinajstić information content (AvgIpc) is 2.43. The molecule has 2 nitrogen and oxygen atoms in total. The molecule has 2 heteroatoms. The standard InChI is InChI=1S/C10H18N2/c1-8-6-9(4-5-11-2)7-10(8)12-3/h6,9,11H,4-5,7H2,1-3H3. The van der Waals surface area contributed by atoms with E-state index in [0.29, 0.717) is 0 Å². The van der Waals surface area contributed by atoms with Crippen molar-refractivity contribution in [2.45, 2.75) is 19.8 Å². The normalized spacial score (nSPS) is 26.4. The zero-order valence-electron chi connectivity index (χ0n) is 8.22. The van der Waals surface area contributed by atoms with Gasteiger partial charge in [0, 0.05) is 12.8 Å². The first kappa shape index (κ1) is 9.46. The molecule has 1 unspecified atom stereocenters. The van der Waals surface area contributed by atoms with E-state index in [1.807, 2.05) is 14.1 Å². The van der Waals surface area contributed by atoms with E-state index in [4.69, 9.17) is 0 Å².